The Morgan fingerprint density at radius 2 is 1.73 bits per heavy atom. The Hall–Kier alpha value is -0.450. The largest absolute Gasteiger partial charge is 0.381 e. The number of hydrogen-bond acceptors (Lipinski definition) is 4. The monoisotopic (exact) mass is 212 g/mol. The minimum Gasteiger partial charge on any atom is -0.381 e. The Labute approximate surface area is 91.2 Å². The SMILES string of the molecule is CN1CCN(C2(C=O)CCOCC2)CC1. The zero-order valence-electron chi connectivity index (χ0n) is 9.45. The molecular formula is C11H20N2O2. The predicted molar refractivity (Wildman–Crippen MR) is 57.9 cm³/mol. The Morgan fingerprint density at radius 3 is 2.27 bits per heavy atom. The third-order valence-electron chi connectivity index (χ3n) is 3.71. The molecule has 2 fully saturated rings. The molecule has 2 rings (SSSR count). The van der Waals surface area contributed by atoms with Crippen LogP contribution in [-0.2, 0) is 9.53 Å². The van der Waals surface area contributed by atoms with Gasteiger partial charge < -0.3 is 14.4 Å². The summed E-state index contributed by atoms with van der Waals surface area (Å²) in [4.78, 5) is 16.0. The van der Waals surface area contributed by atoms with Crippen LogP contribution in [0.4, 0.5) is 0 Å². The van der Waals surface area contributed by atoms with Crippen molar-refractivity contribution in [2.45, 2.75) is 18.4 Å². The summed E-state index contributed by atoms with van der Waals surface area (Å²) in [5.41, 5.74) is -0.223. The summed E-state index contributed by atoms with van der Waals surface area (Å²) >= 11 is 0. The maximum atomic E-state index is 11.4. The van der Waals surface area contributed by atoms with E-state index in [2.05, 4.69) is 16.8 Å². The van der Waals surface area contributed by atoms with E-state index in [1.165, 1.54) is 0 Å². The van der Waals surface area contributed by atoms with E-state index in [1.54, 1.807) is 0 Å². The van der Waals surface area contributed by atoms with Gasteiger partial charge in [0.1, 0.15) is 6.29 Å². The molecule has 0 aliphatic carbocycles. The van der Waals surface area contributed by atoms with Crippen LogP contribution in [0.5, 0.6) is 0 Å². The van der Waals surface area contributed by atoms with Gasteiger partial charge in [0.25, 0.3) is 0 Å². The molecule has 0 aromatic carbocycles. The highest BCUT2D eigenvalue weighted by molar-refractivity contribution is 5.64. The van der Waals surface area contributed by atoms with Gasteiger partial charge in [0.15, 0.2) is 0 Å². The summed E-state index contributed by atoms with van der Waals surface area (Å²) in [7, 11) is 2.13. The maximum Gasteiger partial charge on any atom is 0.140 e. The highest BCUT2D eigenvalue weighted by atomic mass is 16.5. The molecule has 0 aromatic rings. The summed E-state index contributed by atoms with van der Waals surface area (Å²) in [5.74, 6) is 0. The zero-order chi connectivity index (χ0) is 10.7. The molecule has 2 saturated heterocycles. The molecule has 2 heterocycles. The summed E-state index contributed by atoms with van der Waals surface area (Å²) in [6.45, 7) is 5.60. The number of carbonyl (C=O) groups is 1. The van der Waals surface area contributed by atoms with Crippen LogP contribution in [0.15, 0.2) is 0 Å². The lowest BCUT2D eigenvalue weighted by Crippen LogP contribution is -2.59. The van der Waals surface area contributed by atoms with Crippen molar-refractivity contribution in [1.82, 2.24) is 9.80 Å². The number of ether oxygens (including phenoxy) is 1. The first-order chi connectivity index (χ1) is 7.27. The Morgan fingerprint density at radius 1 is 1.13 bits per heavy atom. The first-order valence-corrected chi connectivity index (χ1v) is 5.74. The molecule has 86 valence electrons. The molecule has 0 N–H and O–H groups in total. The minimum absolute atomic E-state index is 0.223. The van der Waals surface area contributed by atoms with E-state index in [-0.39, 0.29) is 5.54 Å². The Bertz CT molecular complexity index is 219. The summed E-state index contributed by atoms with van der Waals surface area (Å²) in [6, 6.07) is 0. The lowest BCUT2D eigenvalue weighted by atomic mass is 9.89. The van der Waals surface area contributed by atoms with E-state index in [1.807, 2.05) is 0 Å². The fraction of sp³-hybridized carbons (Fsp3) is 0.909. The minimum atomic E-state index is -0.223. The van der Waals surface area contributed by atoms with Gasteiger partial charge in [-0.2, -0.15) is 0 Å². The number of hydrogen-bond donors (Lipinski definition) is 0. The lowest BCUT2D eigenvalue weighted by Gasteiger charge is -2.45. The molecule has 2 aliphatic rings. The topological polar surface area (TPSA) is 32.8 Å². The van der Waals surface area contributed by atoms with E-state index in [9.17, 15) is 4.79 Å². The normalized spacial score (nSPS) is 28.9. The van der Waals surface area contributed by atoms with Crippen LogP contribution >= 0.6 is 0 Å². The first-order valence-electron chi connectivity index (χ1n) is 5.74. The zero-order valence-corrected chi connectivity index (χ0v) is 9.45. The Kier molecular flexibility index (Phi) is 3.38. The molecule has 2 aliphatic heterocycles. The van der Waals surface area contributed by atoms with E-state index in [0.717, 1.165) is 58.5 Å². The number of carbonyl (C=O) groups excluding carboxylic acids is 1. The van der Waals surface area contributed by atoms with Gasteiger partial charge in [-0.05, 0) is 19.9 Å². The molecule has 0 radical (unpaired) electrons. The van der Waals surface area contributed by atoms with Crippen LogP contribution in [0.1, 0.15) is 12.8 Å². The van der Waals surface area contributed by atoms with Crippen LogP contribution in [-0.4, -0.2) is 68.1 Å². The molecule has 0 atom stereocenters. The molecule has 0 amide bonds. The van der Waals surface area contributed by atoms with Crippen LogP contribution in [0, 0.1) is 0 Å². The van der Waals surface area contributed by atoms with Crippen molar-refractivity contribution in [2.24, 2.45) is 0 Å². The van der Waals surface area contributed by atoms with Crippen molar-refractivity contribution in [2.75, 3.05) is 46.4 Å². The molecule has 0 unspecified atom stereocenters. The van der Waals surface area contributed by atoms with Crippen LogP contribution in [0.2, 0.25) is 0 Å². The van der Waals surface area contributed by atoms with E-state index >= 15 is 0 Å². The second kappa shape index (κ2) is 4.60. The standard InChI is InChI=1S/C11H20N2O2/c1-12-4-6-13(7-5-12)11(10-14)2-8-15-9-3-11/h10H,2-9H2,1H3. The molecular weight excluding hydrogens is 192 g/mol. The van der Waals surface area contributed by atoms with Crippen molar-refractivity contribution in [3.63, 3.8) is 0 Å². The smallest absolute Gasteiger partial charge is 0.140 e. The van der Waals surface area contributed by atoms with Gasteiger partial charge in [0, 0.05) is 39.4 Å². The van der Waals surface area contributed by atoms with Crippen LogP contribution in [0.3, 0.4) is 0 Å². The van der Waals surface area contributed by atoms with Crippen molar-refractivity contribution in [3.8, 4) is 0 Å². The van der Waals surface area contributed by atoms with E-state index in [4.69, 9.17) is 4.74 Å². The van der Waals surface area contributed by atoms with Gasteiger partial charge in [-0.1, -0.05) is 0 Å². The summed E-state index contributed by atoms with van der Waals surface area (Å²) in [6.07, 6.45) is 2.88. The van der Waals surface area contributed by atoms with Gasteiger partial charge in [-0.3, -0.25) is 4.90 Å². The molecule has 0 bridgehead atoms. The summed E-state index contributed by atoms with van der Waals surface area (Å²) < 4.78 is 5.34. The molecule has 0 saturated carbocycles. The summed E-state index contributed by atoms with van der Waals surface area (Å²) in [5, 5.41) is 0. The fourth-order valence-electron chi connectivity index (χ4n) is 2.49. The van der Waals surface area contributed by atoms with Crippen molar-refractivity contribution in [1.29, 1.82) is 0 Å². The number of likely N-dealkylation sites (N-methyl/N-ethyl adjacent to an activating group) is 1. The van der Waals surface area contributed by atoms with Crippen LogP contribution < -0.4 is 0 Å². The van der Waals surface area contributed by atoms with Crippen molar-refractivity contribution >= 4 is 6.29 Å². The van der Waals surface area contributed by atoms with Gasteiger partial charge in [-0.15, -0.1) is 0 Å². The van der Waals surface area contributed by atoms with E-state index in [0.29, 0.717) is 0 Å². The lowest BCUT2D eigenvalue weighted by molar-refractivity contribution is -0.127. The predicted octanol–water partition coefficient (Wildman–Crippen LogP) is -0.0181. The second-order valence-corrected chi connectivity index (χ2v) is 4.62. The van der Waals surface area contributed by atoms with Gasteiger partial charge in [0.05, 0.1) is 5.54 Å². The van der Waals surface area contributed by atoms with E-state index < -0.39 is 0 Å². The van der Waals surface area contributed by atoms with Gasteiger partial charge in [-0.25, -0.2) is 0 Å². The fourth-order valence-corrected chi connectivity index (χ4v) is 2.49. The molecule has 15 heavy (non-hydrogen) atoms. The third kappa shape index (κ3) is 2.22. The number of nitrogens with zero attached hydrogens (tertiary/aromatic N) is 2. The van der Waals surface area contributed by atoms with Gasteiger partial charge >= 0.3 is 0 Å². The molecule has 4 nitrogen and oxygen atoms in total. The Balaban J connectivity index is 2.01. The van der Waals surface area contributed by atoms with Crippen LogP contribution in [0.25, 0.3) is 0 Å². The second-order valence-electron chi connectivity index (χ2n) is 4.62. The molecule has 0 aromatic heterocycles. The number of piperazine rings is 1. The van der Waals surface area contributed by atoms with Crippen molar-refractivity contribution in [3.05, 3.63) is 0 Å². The highest BCUT2D eigenvalue weighted by Gasteiger charge is 2.39. The average Bonchev–Trinajstić information content (AvgIpc) is 2.31. The quantitative estimate of drug-likeness (QED) is 0.602. The van der Waals surface area contributed by atoms with Gasteiger partial charge in [0.2, 0.25) is 0 Å². The number of aldehydes is 1. The van der Waals surface area contributed by atoms with Crippen molar-refractivity contribution < 1.29 is 9.53 Å². The molecule has 4 heteroatoms. The average molecular weight is 212 g/mol. The third-order valence-corrected chi connectivity index (χ3v) is 3.71. The first kappa shape index (κ1) is 11.0. The molecule has 0 spiro atoms. The maximum absolute atomic E-state index is 11.4. The highest BCUT2D eigenvalue weighted by Crippen LogP contribution is 2.26. The number of rotatable bonds is 2.